The Hall–Kier alpha value is -3.22. The van der Waals surface area contributed by atoms with Crippen molar-refractivity contribution >= 4 is 23.1 Å². The standard InChI is InChI=1S/C21H22N2O5/c1-22(2)18-10-9-17(12-19(18)23(26)27)21(25)28-13-20(24)16-8-7-14-5-3-4-6-15(14)11-16/h7-12H,3-6,13H2,1-2H3. The van der Waals surface area contributed by atoms with E-state index in [1.165, 1.54) is 29.3 Å². The first-order chi connectivity index (χ1) is 13.4. The number of rotatable bonds is 6. The van der Waals surface area contributed by atoms with E-state index in [0.717, 1.165) is 25.7 Å². The molecule has 0 radical (unpaired) electrons. The van der Waals surface area contributed by atoms with E-state index in [1.807, 2.05) is 12.1 Å². The van der Waals surface area contributed by atoms with Crippen molar-refractivity contribution in [3.05, 3.63) is 68.8 Å². The van der Waals surface area contributed by atoms with Crippen LogP contribution in [0.1, 0.15) is 44.7 Å². The lowest BCUT2D eigenvalue weighted by atomic mass is 9.90. The van der Waals surface area contributed by atoms with Crippen LogP contribution >= 0.6 is 0 Å². The van der Waals surface area contributed by atoms with Gasteiger partial charge in [-0.05, 0) is 55.0 Å². The maximum atomic E-state index is 12.4. The molecule has 0 unspecified atom stereocenters. The van der Waals surface area contributed by atoms with Crippen molar-refractivity contribution in [1.29, 1.82) is 0 Å². The maximum Gasteiger partial charge on any atom is 0.338 e. The number of anilines is 1. The van der Waals surface area contributed by atoms with Crippen LogP contribution in [0.25, 0.3) is 0 Å². The highest BCUT2D eigenvalue weighted by Gasteiger charge is 2.20. The predicted molar refractivity (Wildman–Crippen MR) is 105 cm³/mol. The van der Waals surface area contributed by atoms with Crippen LogP contribution in [-0.2, 0) is 17.6 Å². The Morgan fingerprint density at radius 2 is 1.71 bits per heavy atom. The summed E-state index contributed by atoms with van der Waals surface area (Å²) in [6.45, 7) is -0.402. The molecule has 0 heterocycles. The Balaban J connectivity index is 1.69. The first-order valence-electron chi connectivity index (χ1n) is 9.14. The number of esters is 1. The fourth-order valence-corrected chi connectivity index (χ4v) is 3.38. The highest BCUT2D eigenvalue weighted by atomic mass is 16.6. The second-order valence-corrected chi connectivity index (χ2v) is 7.04. The van der Waals surface area contributed by atoms with Crippen LogP contribution in [0, 0.1) is 10.1 Å². The van der Waals surface area contributed by atoms with Gasteiger partial charge in [0.05, 0.1) is 10.5 Å². The van der Waals surface area contributed by atoms with Gasteiger partial charge in [-0.15, -0.1) is 0 Å². The first-order valence-corrected chi connectivity index (χ1v) is 9.14. The molecule has 0 fully saturated rings. The number of carbonyl (C=O) groups is 2. The molecule has 3 rings (SSSR count). The Morgan fingerprint density at radius 3 is 2.39 bits per heavy atom. The molecule has 146 valence electrons. The van der Waals surface area contributed by atoms with Gasteiger partial charge in [0.1, 0.15) is 5.69 Å². The van der Waals surface area contributed by atoms with Gasteiger partial charge in [-0.25, -0.2) is 4.79 Å². The smallest absolute Gasteiger partial charge is 0.338 e. The topological polar surface area (TPSA) is 89.8 Å². The van der Waals surface area contributed by atoms with Crippen LogP contribution in [0.5, 0.6) is 0 Å². The van der Waals surface area contributed by atoms with Gasteiger partial charge in [0.15, 0.2) is 12.4 Å². The number of nitrogens with zero attached hydrogens (tertiary/aromatic N) is 2. The molecular formula is C21H22N2O5. The van der Waals surface area contributed by atoms with E-state index in [1.54, 1.807) is 25.1 Å². The second kappa shape index (κ2) is 8.21. The van der Waals surface area contributed by atoms with Crippen LogP contribution in [0.15, 0.2) is 36.4 Å². The summed E-state index contributed by atoms with van der Waals surface area (Å²) in [4.78, 5) is 36.9. The molecule has 2 aromatic rings. The van der Waals surface area contributed by atoms with Crippen molar-refractivity contribution in [2.45, 2.75) is 25.7 Å². The van der Waals surface area contributed by atoms with Crippen molar-refractivity contribution in [2.75, 3.05) is 25.6 Å². The third-order valence-electron chi connectivity index (χ3n) is 4.89. The summed E-state index contributed by atoms with van der Waals surface area (Å²) in [5.41, 5.74) is 3.19. The molecule has 28 heavy (non-hydrogen) atoms. The van der Waals surface area contributed by atoms with Gasteiger partial charge in [0.25, 0.3) is 5.69 Å². The number of ketones is 1. The lowest BCUT2D eigenvalue weighted by molar-refractivity contribution is -0.384. The van der Waals surface area contributed by atoms with E-state index < -0.39 is 17.5 Å². The largest absolute Gasteiger partial charge is 0.454 e. The molecule has 0 aromatic heterocycles. The van der Waals surface area contributed by atoms with Gasteiger partial charge in [0.2, 0.25) is 0 Å². The SMILES string of the molecule is CN(C)c1ccc(C(=O)OCC(=O)c2ccc3c(c2)CCCC3)cc1[N+](=O)[O-]. The lowest BCUT2D eigenvalue weighted by Crippen LogP contribution is -2.16. The van der Waals surface area contributed by atoms with Gasteiger partial charge in [-0.3, -0.25) is 14.9 Å². The summed E-state index contributed by atoms with van der Waals surface area (Å²) in [6, 6.07) is 9.71. The van der Waals surface area contributed by atoms with Crippen molar-refractivity contribution in [2.24, 2.45) is 0 Å². The zero-order chi connectivity index (χ0) is 20.3. The molecule has 0 amide bonds. The van der Waals surface area contributed by atoms with Crippen LogP contribution in [0.4, 0.5) is 11.4 Å². The fraction of sp³-hybridized carbons (Fsp3) is 0.333. The van der Waals surface area contributed by atoms with E-state index >= 15 is 0 Å². The highest BCUT2D eigenvalue weighted by molar-refractivity contribution is 5.99. The number of fused-ring (bicyclic) bond motifs is 1. The molecule has 0 bridgehead atoms. The number of ether oxygens (including phenoxy) is 1. The molecule has 0 N–H and O–H groups in total. The Morgan fingerprint density at radius 1 is 1.04 bits per heavy atom. The number of benzene rings is 2. The van der Waals surface area contributed by atoms with Gasteiger partial charge in [-0.2, -0.15) is 0 Å². The zero-order valence-corrected chi connectivity index (χ0v) is 15.9. The Kier molecular flexibility index (Phi) is 5.73. The van der Waals surface area contributed by atoms with Gasteiger partial charge >= 0.3 is 5.97 Å². The van der Waals surface area contributed by atoms with Gasteiger partial charge in [-0.1, -0.05) is 12.1 Å². The monoisotopic (exact) mass is 382 g/mol. The summed E-state index contributed by atoms with van der Waals surface area (Å²) in [5.74, 6) is -1.05. The van der Waals surface area contributed by atoms with Crippen molar-refractivity contribution < 1.29 is 19.2 Å². The number of carbonyl (C=O) groups excluding carboxylic acids is 2. The van der Waals surface area contributed by atoms with Gasteiger partial charge in [0, 0.05) is 25.7 Å². The molecule has 0 atom stereocenters. The molecule has 7 nitrogen and oxygen atoms in total. The highest BCUT2D eigenvalue weighted by Crippen LogP contribution is 2.28. The number of aryl methyl sites for hydroxylation is 2. The molecule has 0 aliphatic heterocycles. The molecule has 1 aliphatic rings. The summed E-state index contributed by atoms with van der Waals surface area (Å²) >= 11 is 0. The quantitative estimate of drug-likeness (QED) is 0.328. The molecule has 2 aromatic carbocycles. The predicted octanol–water partition coefficient (Wildman–Crippen LogP) is 3.58. The van der Waals surface area contributed by atoms with Crippen LogP contribution in [0.2, 0.25) is 0 Å². The summed E-state index contributed by atoms with van der Waals surface area (Å²) in [7, 11) is 3.36. The van der Waals surface area contributed by atoms with Gasteiger partial charge < -0.3 is 9.64 Å². The molecular weight excluding hydrogens is 360 g/mol. The molecule has 7 heteroatoms. The molecule has 0 saturated heterocycles. The van der Waals surface area contributed by atoms with Crippen molar-refractivity contribution in [3.63, 3.8) is 0 Å². The van der Waals surface area contributed by atoms with E-state index in [2.05, 4.69) is 0 Å². The Bertz CT molecular complexity index is 936. The fourth-order valence-electron chi connectivity index (χ4n) is 3.38. The van der Waals surface area contributed by atoms with Crippen LogP contribution < -0.4 is 4.90 Å². The average molecular weight is 382 g/mol. The van der Waals surface area contributed by atoms with E-state index in [-0.39, 0.29) is 17.0 Å². The molecule has 0 spiro atoms. The minimum Gasteiger partial charge on any atom is -0.454 e. The number of hydrogen-bond donors (Lipinski definition) is 0. The molecule has 1 aliphatic carbocycles. The number of nitro benzene ring substituents is 1. The maximum absolute atomic E-state index is 12.4. The first kappa shape index (κ1) is 19.5. The molecule has 0 saturated carbocycles. The Labute approximate surface area is 163 Å². The summed E-state index contributed by atoms with van der Waals surface area (Å²) in [5, 5.41) is 11.2. The zero-order valence-electron chi connectivity index (χ0n) is 15.9. The third kappa shape index (κ3) is 4.19. The number of hydrogen-bond acceptors (Lipinski definition) is 6. The van der Waals surface area contributed by atoms with E-state index in [9.17, 15) is 19.7 Å². The number of nitro groups is 1. The van der Waals surface area contributed by atoms with Crippen molar-refractivity contribution in [3.8, 4) is 0 Å². The summed E-state index contributed by atoms with van der Waals surface area (Å²) in [6.07, 6.45) is 4.26. The summed E-state index contributed by atoms with van der Waals surface area (Å²) < 4.78 is 5.10. The minimum absolute atomic E-state index is 0.0375. The number of Topliss-reactive ketones (excluding diaryl/α,β-unsaturated/α-hetero) is 1. The minimum atomic E-state index is -0.764. The van der Waals surface area contributed by atoms with E-state index in [4.69, 9.17) is 4.74 Å². The van der Waals surface area contributed by atoms with Crippen LogP contribution in [0.3, 0.4) is 0 Å². The normalized spacial score (nSPS) is 12.8. The van der Waals surface area contributed by atoms with Crippen molar-refractivity contribution in [1.82, 2.24) is 0 Å². The van der Waals surface area contributed by atoms with Crippen LogP contribution in [-0.4, -0.2) is 37.4 Å². The second-order valence-electron chi connectivity index (χ2n) is 7.04. The average Bonchev–Trinajstić information content (AvgIpc) is 2.70. The van der Waals surface area contributed by atoms with E-state index in [0.29, 0.717) is 11.3 Å². The lowest BCUT2D eigenvalue weighted by Gasteiger charge is -2.16. The third-order valence-corrected chi connectivity index (χ3v) is 4.89.